The van der Waals surface area contributed by atoms with Gasteiger partial charge in [0.05, 0.1) is 10.0 Å². The molecule has 0 nitrogen and oxygen atoms in total. The second-order valence-electron chi connectivity index (χ2n) is 1.57. The Balaban J connectivity index is -0.0000000540. The first-order chi connectivity index (χ1) is 4.22. The van der Waals surface area contributed by atoms with Gasteiger partial charge in [0.1, 0.15) is 0 Å². The van der Waals surface area contributed by atoms with Gasteiger partial charge in [-0.15, -0.1) is 25.0 Å². The van der Waals surface area contributed by atoms with E-state index in [4.69, 9.17) is 23.2 Å². The molecule has 0 heterocycles. The van der Waals surface area contributed by atoms with Gasteiger partial charge in [-0.2, -0.15) is 0 Å². The van der Waals surface area contributed by atoms with Crippen molar-refractivity contribution >= 4 is 48.2 Å². The van der Waals surface area contributed by atoms with Crippen molar-refractivity contribution < 1.29 is 18.8 Å². The van der Waals surface area contributed by atoms with Gasteiger partial charge in [-0.3, -0.25) is 18.8 Å². The van der Waals surface area contributed by atoms with Crippen molar-refractivity contribution in [3.8, 4) is 0 Å². The van der Waals surface area contributed by atoms with Crippen LogP contribution in [0.2, 0.25) is 10.0 Å². The fourth-order valence-electron chi connectivity index (χ4n) is 0.492. The Morgan fingerprint density at radius 3 is 1.64 bits per heavy atom. The van der Waals surface area contributed by atoms with Crippen LogP contribution in [0.4, 0.5) is 18.8 Å². The van der Waals surface area contributed by atoms with Gasteiger partial charge in [0.25, 0.3) is 0 Å². The molecule has 0 radical (unpaired) electrons. The van der Waals surface area contributed by atoms with Crippen molar-refractivity contribution in [2.45, 2.75) is 4.90 Å². The van der Waals surface area contributed by atoms with Crippen molar-refractivity contribution in [3.63, 3.8) is 0 Å². The molecule has 0 aromatic heterocycles. The molecule has 0 atom stereocenters. The van der Waals surface area contributed by atoms with E-state index < -0.39 is 0 Å². The topological polar surface area (TPSA) is 0 Å². The summed E-state index contributed by atoms with van der Waals surface area (Å²) in [4.78, 5) is 0.712. The predicted octanol–water partition coefficient (Wildman–Crippen LogP) is 4.31. The molecule has 0 aliphatic rings. The number of rotatable bonds is 0. The van der Waals surface area contributed by atoms with Crippen LogP contribution in [-0.2, 0) is 0 Å². The molecule has 0 saturated carbocycles. The molecule has 0 N–H and O–H groups in total. The van der Waals surface area contributed by atoms with E-state index in [2.05, 4.69) is 12.6 Å². The second-order valence-corrected chi connectivity index (χ2v) is 2.84. The lowest BCUT2D eigenvalue weighted by atomic mass is 10.4. The number of thiol groups is 1. The summed E-state index contributed by atoms with van der Waals surface area (Å²) < 4.78 is 0. The maximum absolute atomic E-state index is 5.67. The Bertz CT molecular complexity index is 216. The van der Waals surface area contributed by atoms with Crippen molar-refractivity contribution in [2.24, 2.45) is 0 Å². The van der Waals surface area contributed by atoms with Gasteiger partial charge < -0.3 is 0 Å². The summed E-state index contributed by atoms with van der Waals surface area (Å²) in [5, 5.41) is 1.06. The summed E-state index contributed by atoms with van der Waals surface area (Å²) >= 11 is 15.4. The van der Waals surface area contributed by atoms with E-state index in [1.165, 1.54) is 0 Å². The highest BCUT2D eigenvalue weighted by molar-refractivity contribution is 7.80. The average Bonchev–Trinajstić information content (AvgIpc) is 1.83. The first kappa shape index (κ1) is 29.2. The highest BCUT2D eigenvalue weighted by Gasteiger charge is 1.97. The summed E-state index contributed by atoms with van der Waals surface area (Å²) in [6, 6.07) is 5.32. The molecule has 14 heavy (non-hydrogen) atoms. The van der Waals surface area contributed by atoms with Crippen LogP contribution in [0.5, 0.6) is 0 Å². The van der Waals surface area contributed by atoms with E-state index in [0.29, 0.717) is 14.9 Å². The van der Waals surface area contributed by atoms with E-state index >= 15 is 0 Å². The first-order valence-electron chi connectivity index (χ1n) is 2.35. The van der Waals surface area contributed by atoms with Crippen molar-refractivity contribution in [1.82, 2.24) is 0 Å². The molecule has 0 bridgehead atoms. The third-order valence-electron chi connectivity index (χ3n) is 0.931. The highest BCUT2D eigenvalue weighted by Crippen LogP contribution is 2.27. The zero-order valence-electron chi connectivity index (χ0n) is 6.48. The van der Waals surface area contributed by atoms with Crippen LogP contribution in [0, 0.1) is 0 Å². The van der Waals surface area contributed by atoms with Crippen LogP contribution in [-0.4, -0.2) is 0 Å². The Labute approximate surface area is 100 Å². The molecule has 0 aliphatic carbocycles. The third-order valence-corrected chi connectivity index (χ3v) is 2.25. The van der Waals surface area contributed by atoms with Crippen LogP contribution in [0.25, 0.3) is 0 Å². The highest BCUT2D eigenvalue weighted by atomic mass is 35.5. The molecule has 88 valence electrons. The lowest BCUT2D eigenvalue weighted by molar-refractivity contribution is 1.11. The Morgan fingerprint density at radius 2 is 1.36 bits per heavy atom. The number of hydrogen-bond donors (Lipinski definition) is 1. The molecule has 0 aliphatic heterocycles. The SMILES string of the molecule is Cl.F.F.F.F.Sc1cccc(Cl)c1Cl. The first-order valence-corrected chi connectivity index (χ1v) is 3.55. The van der Waals surface area contributed by atoms with E-state index in [-0.39, 0.29) is 31.2 Å². The summed E-state index contributed by atoms with van der Waals surface area (Å²) in [6.07, 6.45) is 0. The van der Waals surface area contributed by atoms with E-state index in [1.807, 2.05) is 0 Å². The minimum atomic E-state index is 0. The second kappa shape index (κ2) is 13.2. The normalized spacial score (nSPS) is 6.21. The van der Waals surface area contributed by atoms with Crippen LogP contribution < -0.4 is 0 Å². The minimum absolute atomic E-state index is 0. The van der Waals surface area contributed by atoms with Crippen molar-refractivity contribution in [2.75, 3.05) is 0 Å². The molecule has 0 saturated heterocycles. The van der Waals surface area contributed by atoms with Crippen LogP contribution in [0.3, 0.4) is 0 Å². The number of benzene rings is 1. The molecule has 8 heteroatoms. The lowest BCUT2D eigenvalue weighted by Crippen LogP contribution is -1.68. The largest absolute Gasteiger partial charge is 0.269 e. The average molecular weight is 296 g/mol. The summed E-state index contributed by atoms with van der Waals surface area (Å²) in [6.45, 7) is 0. The zero-order chi connectivity index (χ0) is 6.85. The van der Waals surface area contributed by atoms with Gasteiger partial charge in [-0.1, -0.05) is 29.3 Å². The van der Waals surface area contributed by atoms with E-state index in [1.54, 1.807) is 18.2 Å². The summed E-state index contributed by atoms with van der Waals surface area (Å²) in [7, 11) is 0. The Kier molecular flexibility index (Phi) is 27.5. The van der Waals surface area contributed by atoms with Gasteiger partial charge in [0.2, 0.25) is 0 Å². The van der Waals surface area contributed by atoms with Crippen molar-refractivity contribution in [1.29, 1.82) is 0 Å². The molecular formula is C6H9Cl3F4S. The molecular weight excluding hydrogens is 286 g/mol. The monoisotopic (exact) mass is 294 g/mol. The number of hydrogen-bond acceptors (Lipinski definition) is 1. The molecule has 1 rings (SSSR count). The van der Waals surface area contributed by atoms with Gasteiger partial charge in [-0.05, 0) is 12.1 Å². The van der Waals surface area contributed by atoms with Crippen LogP contribution >= 0.6 is 48.2 Å². The maximum Gasteiger partial charge on any atom is 0.0725 e. The molecule has 0 fully saturated rings. The minimum Gasteiger partial charge on any atom is -0.269 e. The van der Waals surface area contributed by atoms with E-state index in [9.17, 15) is 0 Å². The van der Waals surface area contributed by atoms with Gasteiger partial charge in [0, 0.05) is 4.90 Å². The Morgan fingerprint density at radius 1 is 0.929 bits per heavy atom. The smallest absolute Gasteiger partial charge is 0.0725 e. The van der Waals surface area contributed by atoms with Gasteiger partial charge in [0.15, 0.2) is 0 Å². The third kappa shape index (κ3) is 7.55. The molecule has 0 amide bonds. The summed E-state index contributed by atoms with van der Waals surface area (Å²) in [5.74, 6) is 0. The van der Waals surface area contributed by atoms with Gasteiger partial charge in [-0.25, -0.2) is 0 Å². The molecule has 0 spiro atoms. The fourth-order valence-corrected chi connectivity index (χ4v) is 1.07. The Hall–Kier alpha value is 0.160. The molecule has 0 unspecified atom stereocenters. The van der Waals surface area contributed by atoms with Gasteiger partial charge >= 0.3 is 0 Å². The standard InChI is InChI=1S/C6H4Cl2S.ClH.4FH/c7-4-2-1-3-5(9)6(4)8;;;;;/h1-3,9H;5*1H. The lowest BCUT2D eigenvalue weighted by Gasteiger charge is -1.95. The zero-order valence-corrected chi connectivity index (χ0v) is 9.70. The molecule has 1 aromatic rings. The molecule has 1 aromatic carbocycles. The number of halogens is 7. The van der Waals surface area contributed by atoms with Crippen LogP contribution in [0.15, 0.2) is 23.1 Å². The quantitative estimate of drug-likeness (QED) is 0.535. The van der Waals surface area contributed by atoms with E-state index in [0.717, 1.165) is 0 Å². The maximum atomic E-state index is 5.67. The van der Waals surface area contributed by atoms with Crippen molar-refractivity contribution in [3.05, 3.63) is 28.2 Å². The van der Waals surface area contributed by atoms with Crippen LogP contribution in [0.1, 0.15) is 0 Å². The summed E-state index contributed by atoms with van der Waals surface area (Å²) in [5.41, 5.74) is 0. The fraction of sp³-hybridized carbons (Fsp3) is 0. The predicted molar refractivity (Wildman–Crippen MR) is 61.0 cm³/mol.